The molecule has 1 aromatic rings. The second-order valence-electron chi connectivity index (χ2n) is 10.2. The van der Waals surface area contributed by atoms with Crippen LogP contribution in [0.5, 0.6) is 0 Å². The lowest BCUT2D eigenvalue weighted by molar-refractivity contribution is 0.0822. The highest BCUT2D eigenvalue weighted by atomic mass is 16.5. The molecule has 6 rings (SSSR count). The molecule has 1 aromatic carbocycles. The van der Waals surface area contributed by atoms with Gasteiger partial charge in [0, 0.05) is 48.6 Å². The summed E-state index contributed by atoms with van der Waals surface area (Å²) in [5.41, 5.74) is 15.8. The van der Waals surface area contributed by atoms with Gasteiger partial charge in [0.25, 0.3) is 0 Å². The maximum absolute atomic E-state index is 6.72. The predicted molar refractivity (Wildman–Crippen MR) is 126 cm³/mol. The van der Waals surface area contributed by atoms with Crippen molar-refractivity contribution in [3.8, 4) is 0 Å². The molecule has 0 amide bonds. The van der Waals surface area contributed by atoms with Crippen LogP contribution in [0, 0.1) is 5.41 Å². The fourth-order valence-corrected chi connectivity index (χ4v) is 6.24. The number of hydrogen-bond acceptors (Lipinski definition) is 7. The summed E-state index contributed by atoms with van der Waals surface area (Å²) in [7, 11) is 0. The minimum absolute atomic E-state index is 0.0369. The van der Waals surface area contributed by atoms with Gasteiger partial charge < -0.3 is 21.1 Å². The summed E-state index contributed by atoms with van der Waals surface area (Å²) in [6.45, 7) is 6.53. The molecular weight excluding hydrogens is 400 g/mol. The number of guanidine groups is 1. The van der Waals surface area contributed by atoms with Crippen LogP contribution in [0.2, 0.25) is 0 Å². The maximum Gasteiger partial charge on any atom is 0.209 e. The highest BCUT2D eigenvalue weighted by Crippen LogP contribution is 2.56. The Kier molecular flexibility index (Phi) is 4.63. The first-order chi connectivity index (χ1) is 15.5. The van der Waals surface area contributed by atoms with Gasteiger partial charge in [-0.15, -0.1) is 0 Å². The van der Waals surface area contributed by atoms with Gasteiger partial charge in [0.1, 0.15) is 11.7 Å². The van der Waals surface area contributed by atoms with Crippen molar-refractivity contribution in [2.45, 2.75) is 56.6 Å². The standard InChI is InChI=1S/C25H34N6O/c1-17-20(26)24(16-32-17)10-14-30(15-11-24)23-29-21(27)19(22-28-12-5-13-31(22)23)25(8-9-25)18-6-3-2-4-7-18/h2-4,6-7,17,20H,5,8-16,26-27H2,1H3/t17-,20+/m0/s1. The Hall–Kier alpha value is -2.38. The highest BCUT2D eigenvalue weighted by Gasteiger charge is 2.54. The number of nitrogens with zero attached hydrogens (tertiary/aromatic N) is 4. The maximum atomic E-state index is 6.72. The topological polar surface area (TPSA) is 92.5 Å². The van der Waals surface area contributed by atoms with Crippen LogP contribution in [0.15, 0.2) is 51.7 Å². The number of hydrogen-bond donors (Lipinski definition) is 2. The number of ether oxygens (including phenoxy) is 1. The minimum atomic E-state index is -0.0369. The molecule has 4 heterocycles. The molecule has 5 aliphatic rings. The Morgan fingerprint density at radius 2 is 1.81 bits per heavy atom. The van der Waals surface area contributed by atoms with E-state index in [2.05, 4.69) is 47.1 Å². The largest absolute Gasteiger partial charge is 0.383 e. The predicted octanol–water partition coefficient (Wildman–Crippen LogP) is 2.19. The fourth-order valence-electron chi connectivity index (χ4n) is 6.24. The van der Waals surface area contributed by atoms with Gasteiger partial charge in [-0.3, -0.25) is 9.89 Å². The van der Waals surface area contributed by atoms with E-state index in [1.807, 2.05) is 0 Å². The zero-order valence-electron chi connectivity index (χ0n) is 19.0. The molecule has 4 aliphatic heterocycles. The monoisotopic (exact) mass is 434 g/mol. The van der Waals surface area contributed by atoms with Gasteiger partial charge in [-0.25, -0.2) is 0 Å². The zero-order valence-corrected chi connectivity index (χ0v) is 19.0. The molecule has 7 heteroatoms. The number of aliphatic imine (C=N–C) groups is 2. The van der Waals surface area contributed by atoms with Crippen LogP contribution in [-0.4, -0.2) is 66.5 Å². The summed E-state index contributed by atoms with van der Waals surface area (Å²) in [5, 5.41) is 0. The lowest BCUT2D eigenvalue weighted by atomic mass is 9.73. The van der Waals surface area contributed by atoms with Crippen molar-refractivity contribution < 1.29 is 4.74 Å². The van der Waals surface area contributed by atoms with Gasteiger partial charge in [0.05, 0.1) is 12.7 Å². The second-order valence-corrected chi connectivity index (χ2v) is 10.2. The average Bonchev–Trinajstić information content (AvgIpc) is 3.59. The smallest absolute Gasteiger partial charge is 0.209 e. The van der Waals surface area contributed by atoms with Gasteiger partial charge in [-0.1, -0.05) is 30.3 Å². The molecular formula is C25H34N6O. The van der Waals surface area contributed by atoms with E-state index < -0.39 is 0 Å². The first kappa shape index (κ1) is 20.2. The van der Waals surface area contributed by atoms with E-state index in [1.165, 1.54) is 5.56 Å². The molecule has 170 valence electrons. The van der Waals surface area contributed by atoms with Gasteiger partial charge in [-0.2, -0.15) is 4.99 Å². The lowest BCUT2D eigenvalue weighted by Crippen LogP contribution is -2.58. The van der Waals surface area contributed by atoms with Crippen LogP contribution in [0.3, 0.4) is 0 Å². The van der Waals surface area contributed by atoms with E-state index in [0.29, 0.717) is 5.82 Å². The zero-order chi connectivity index (χ0) is 21.9. The Balaban J connectivity index is 1.33. The van der Waals surface area contributed by atoms with Gasteiger partial charge in [0.15, 0.2) is 0 Å². The lowest BCUT2D eigenvalue weighted by Gasteiger charge is -2.46. The summed E-state index contributed by atoms with van der Waals surface area (Å²) in [4.78, 5) is 14.8. The number of nitrogens with two attached hydrogens (primary N) is 2. The van der Waals surface area contributed by atoms with Crippen molar-refractivity contribution in [2.75, 3.05) is 32.8 Å². The average molecular weight is 435 g/mol. The minimum Gasteiger partial charge on any atom is -0.383 e. The van der Waals surface area contributed by atoms with E-state index >= 15 is 0 Å². The van der Waals surface area contributed by atoms with Crippen LogP contribution in [-0.2, 0) is 10.2 Å². The first-order valence-electron chi connectivity index (χ1n) is 12.1. The van der Waals surface area contributed by atoms with Gasteiger partial charge in [-0.05, 0) is 44.6 Å². The number of likely N-dealkylation sites (tertiary alicyclic amines) is 1. The van der Waals surface area contributed by atoms with Crippen LogP contribution in [0.1, 0.15) is 44.6 Å². The molecule has 3 fully saturated rings. The molecule has 0 bridgehead atoms. The molecule has 2 saturated heterocycles. The molecule has 1 aliphatic carbocycles. The van der Waals surface area contributed by atoms with E-state index in [4.69, 9.17) is 26.2 Å². The van der Waals surface area contributed by atoms with Crippen molar-refractivity contribution in [3.05, 3.63) is 47.3 Å². The molecule has 32 heavy (non-hydrogen) atoms. The van der Waals surface area contributed by atoms with Crippen LogP contribution in [0.4, 0.5) is 0 Å². The summed E-state index contributed by atoms with van der Waals surface area (Å²) in [5.74, 6) is 2.67. The van der Waals surface area contributed by atoms with Gasteiger partial charge in [0.2, 0.25) is 5.96 Å². The molecule has 7 nitrogen and oxygen atoms in total. The normalized spacial score (nSPS) is 30.8. The number of fused-ring (bicyclic) bond motifs is 1. The van der Waals surface area contributed by atoms with Crippen molar-refractivity contribution >= 4 is 11.8 Å². The Labute approximate surface area is 190 Å². The van der Waals surface area contributed by atoms with E-state index in [9.17, 15) is 0 Å². The third kappa shape index (κ3) is 2.94. The van der Waals surface area contributed by atoms with Gasteiger partial charge >= 0.3 is 0 Å². The Morgan fingerprint density at radius 1 is 1.06 bits per heavy atom. The molecule has 0 radical (unpaired) electrons. The van der Waals surface area contributed by atoms with E-state index in [-0.39, 0.29) is 23.0 Å². The summed E-state index contributed by atoms with van der Waals surface area (Å²) >= 11 is 0. The van der Waals surface area contributed by atoms with Crippen molar-refractivity contribution in [1.82, 2.24) is 9.80 Å². The number of benzene rings is 1. The molecule has 1 spiro atoms. The molecule has 1 saturated carbocycles. The number of rotatable bonds is 2. The molecule has 0 aromatic heterocycles. The Morgan fingerprint density at radius 3 is 2.47 bits per heavy atom. The number of piperidine rings is 1. The van der Waals surface area contributed by atoms with Crippen LogP contribution >= 0.6 is 0 Å². The quantitative estimate of drug-likeness (QED) is 0.744. The van der Waals surface area contributed by atoms with Crippen LogP contribution in [0.25, 0.3) is 0 Å². The van der Waals surface area contributed by atoms with Crippen molar-refractivity contribution in [3.63, 3.8) is 0 Å². The summed E-state index contributed by atoms with van der Waals surface area (Å²) < 4.78 is 5.91. The summed E-state index contributed by atoms with van der Waals surface area (Å²) in [6, 6.07) is 10.9. The van der Waals surface area contributed by atoms with E-state index in [0.717, 1.165) is 82.3 Å². The Bertz CT molecular complexity index is 987. The van der Waals surface area contributed by atoms with Crippen molar-refractivity contribution in [2.24, 2.45) is 26.9 Å². The molecule has 0 unspecified atom stereocenters. The summed E-state index contributed by atoms with van der Waals surface area (Å²) in [6.07, 6.45) is 5.45. The fraction of sp³-hybridized carbons (Fsp3) is 0.600. The number of amidine groups is 1. The highest BCUT2D eigenvalue weighted by molar-refractivity contribution is 6.13. The molecule has 4 N–H and O–H groups in total. The second kappa shape index (κ2) is 7.32. The molecule has 2 atom stereocenters. The van der Waals surface area contributed by atoms with Crippen LogP contribution < -0.4 is 11.5 Å². The third-order valence-corrected chi connectivity index (χ3v) is 8.44. The SMILES string of the molecule is C[C@@H]1OCC2(CCN(C3=NC(N)=C(C4(c5ccccc5)CC4)C4=NCCCN43)CC2)[C@@H]1N. The van der Waals surface area contributed by atoms with E-state index in [1.54, 1.807) is 0 Å². The third-order valence-electron chi connectivity index (χ3n) is 8.44. The van der Waals surface area contributed by atoms with Crippen molar-refractivity contribution in [1.29, 1.82) is 0 Å². The first-order valence-corrected chi connectivity index (χ1v) is 12.1.